The van der Waals surface area contributed by atoms with Crippen LogP contribution in [0.3, 0.4) is 0 Å². The molecular formula is C11H16N4O. The third-order valence-corrected chi connectivity index (χ3v) is 2.98. The largest absolute Gasteiger partial charge is 0.325 e. The van der Waals surface area contributed by atoms with Crippen LogP contribution in [-0.4, -0.2) is 29.4 Å². The molecule has 1 aliphatic carbocycles. The zero-order chi connectivity index (χ0) is 12.0. The fourth-order valence-corrected chi connectivity index (χ4v) is 2.07. The number of carbonyl (C=O) groups excluding carboxylic acids is 1. The van der Waals surface area contributed by atoms with Gasteiger partial charge in [0.1, 0.15) is 13.1 Å². The Morgan fingerprint density at radius 2 is 1.75 bits per heavy atom. The third-order valence-electron chi connectivity index (χ3n) is 2.98. The molecule has 5 nitrogen and oxygen atoms in total. The molecule has 1 amide bonds. The lowest BCUT2D eigenvalue weighted by Crippen LogP contribution is -2.44. The molecule has 0 bridgehead atoms. The van der Waals surface area contributed by atoms with Gasteiger partial charge >= 0.3 is 0 Å². The van der Waals surface area contributed by atoms with Gasteiger partial charge in [0.05, 0.1) is 12.1 Å². The van der Waals surface area contributed by atoms with Crippen LogP contribution >= 0.6 is 0 Å². The lowest BCUT2D eigenvalue weighted by molar-refractivity contribution is -0.131. The Morgan fingerprint density at radius 1 is 1.25 bits per heavy atom. The number of amides is 1. The smallest absolute Gasteiger partial charge is 0.226 e. The van der Waals surface area contributed by atoms with Crippen LogP contribution in [-0.2, 0) is 4.79 Å². The highest BCUT2D eigenvalue weighted by Gasteiger charge is 2.33. The normalized spacial score (nSPS) is 17.4. The Balaban J connectivity index is 2.55. The minimum Gasteiger partial charge on any atom is -0.325 e. The number of nitriles is 2. The van der Waals surface area contributed by atoms with Gasteiger partial charge in [-0.25, -0.2) is 0 Å². The van der Waals surface area contributed by atoms with Crippen molar-refractivity contribution in [2.75, 3.05) is 13.1 Å². The number of rotatable bonds is 4. The maximum Gasteiger partial charge on any atom is 0.226 e. The molecule has 1 rings (SSSR count). The fourth-order valence-electron chi connectivity index (χ4n) is 2.07. The Bertz CT molecular complexity index is 317. The van der Waals surface area contributed by atoms with Crippen molar-refractivity contribution in [3.05, 3.63) is 0 Å². The van der Waals surface area contributed by atoms with Crippen molar-refractivity contribution in [2.24, 2.45) is 5.73 Å². The number of carbonyl (C=O) groups is 1. The Morgan fingerprint density at radius 3 is 2.19 bits per heavy atom. The molecule has 5 heteroatoms. The summed E-state index contributed by atoms with van der Waals surface area (Å²) in [6, 6.07) is 3.77. The van der Waals surface area contributed by atoms with Gasteiger partial charge in [-0.15, -0.1) is 0 Å². The van der Waals surface area contributed by atoms with Crippen molar-refractivity contribution in [3.63, 3.8) is 0 Å². The monoisotopic (exact) mass is 220 g/mol. The quantitative estimate of drug-likeness (QED) is 0.699. The second-order valence-corrected chi connectivity index (χ2v) is 4.31. The Hall–Kier alpha value is -1.59. The van der Waals surface area contributed by atoms with Gasteiger partial charge < -0.3 is 10.6 Å². The number of nitrogens with two attached hydrogens (primary N) is 1. The van der Waals surface area contributed by atoms with E-state index in [4.69, 9.17) is 16.3 Å². The van der Waals surface area contributed by atoms with Gasteiger partial charge in [-0.2, -0.15) is 10.5 Å². The van der Waals surface area contributed by atoms with E-state index >= 15 is 0 Å². The van der Waals surface area contributed by atoms with Crippen molar-refractivity contribution in [1.29, 1.82) is 10.5 Å². The van der Waals surface area contributed by atoms with E-state index in [0.29, 0.717) is 0 Å². The zero-order valence-electron chi connectivity index (χ0n) is 9.28. The molecule has 0 aromatic carbocycles. The lowest BCUT2D eigenvalue weighted by atomic mass is 9.94. The molecule has 2 N–H and O–H groups in total. The van der Waals surface area contributed by atoms with Gasteiger partial charge in [-0.3, -0.25) is 4.79 Å². The van der Waals surface area contributed by atoms with Crippen molar-refractivity contribution in [3.8, 4) is 12.1 Å². The lowest BCUT2D eigenvalue weighted by Gasteiger charge is -2.25. The summed E-state index contributed by atoms with van der Waals surface area (Å²) in [5, 5.41) is 17.1. The van der Waals surface area contributed by atoms with Gasteiger partial charge in [0.15, 0.2) is 0 Å². The minimum absolute atomic E-state index is 0.0392. The molecular weight excluding hydrogens is 204 g/mol. The summed E-state index contributed by atoms with van der Waals surface area (Å²) < 4.78 is 0. The molecule has 0 aromatic rings. The molecule has 1 saturated carbocycles. The van der Waals surface area contributed by atoms with Gasteiger partial charge in [-0.05, 0) is 12.8 Å². The first-order valence-corrected chi connectivity index (χ1v) is 5.42. The summed E-state index contributed by atoms with van der Waals surface area (Å²) in [5.74, 6) is -0.187. The second-order valence-electron chi connectivity index (χ2n) is 4.31. The maximum absolute atomic E-state index is 11.8. The summed E-state index contributed by atoms with van der Waals surface area (Å²) in [7, 11) is 0. The van der Waals surface area contributed by atoms with E-state index < -0.39 is 5.54 Å². The molecule has 16 heavy (non-hydrogen) atoms. The topological polar surface area (TPSA) is 93.9 Å². The molecule has 0 saturated heterocycles. The van der Waals surface area contributed by atoms with Crippen LogP contribution < -0.4 is 5.73 Å². The summed E-state index contributed by atoms with van der Waals surface area (Å²) >= 11 is 0. The molecule has 0 atom stereocenters. The maximum atomic E-state index is 11.8. The Labute approximate surface area is 95.4 Å². The van der Waals surface area contributed by atoms with E-state index in [-0.39, 0.29) is 25.4 Å². The fraction of sp³-hybridized carbons (Fsp3) is 0.727. The van der Waals surface area contributed by atoms with E-state index in [2.05, 4.69) is 0 Å². The van der Waals surface area contributed by atoms with Gasteiger partial charge in [-0.1, -0.05) is 12.8 Å². The highest BCUT2D eigenvalue weighted by atomic mass is 16.2. The molecule has 0 radical (unpaired) electrons. The highest BCUT2D eigenvalue weighted by Crippen LogP contribution is 2.30. The molecule has 0 aliphatic heterocycles. The number of hydrogen-bond acceptors (Lipinski definition) is 4. The van der Waals surface area contributed by atoms with E-state index in [1.165, 1.54) is 4.90 Å². The first-order valence-electron chi connectivity index (χ1n) is 5.42. The van der Waals surface area contributed by atoms with Crippen LogP contribution in [0.2, 0.25) is 0 Å². The van der Waals surface area contributed by atoms with Gasteiger partial charge in [0, 0.05) is 12.0 Å². The SMILES string of the molecule is N#CCN(CC#N)C(=O)CC1(N)CCCC1. The van der Waals surface area contributed by atoms with E-state index in [1.807, 2.05) is 12.1 Å². The van der Waals surface area contributed by atoms with E-state index in [9.17, 15) is 4.79 Å². The van der Waals surface area contributed by atoms with Crippen LogP contribution in [0.4, 0.5) is 0 Å². The van der Waals surface area contributed by atoms with Gasteiger partial charge in [0.2, 0.25) is 5.91 Å². The average Bonchev–Trinajstić information content (AvgIpc) is 2.64. The van der Waals surface area contributed by atoms with Crippen LogP contribution in [0.25, 0.3) is 0 Å². The van der Waals surface area contributed by atoms with E-state index in [0.717, 1.165) is 25.7 Å². The first-order chi connectivity index (χ1) is 7.61. The van der Waals surface area contributed by atoms with E-state index in [1.54, 1.807) is 0 Å². The predicted octanol–water partition coefficient (Wildman–Crippen LogP) is 0.524. The predicted molar refractivity (Wildman–Crippen MR) is 57.8 cm³/mol. The highest BCUT2D eigenvalue weighted by molar-refractivity contribution is 5.78. The summed E-state index contributed by atoms with van der Waals surface area (Å²) in [6.45, 7) is -0.0784. The molecule has 0 spiro atoms. The number of nitrogens with zero attached hydrogens (tertiary/aromatic N) is 3. The number of hydrogen-bond donors (Lipinski definition) is 1. The van der Waals surface area contributed by atoms with Crippen LogP contribution in [0, 0.1) is 22.7 Å². The zero-order valence-corrected chi connectivity index (χ0v) is 9.28. The van der Waals surface area contributed by atoms with Crippen molar-refractivity contribution in [2.45, 2.75) is 37.6 Å². The summed E-state index contributed by atoms with van der Waals surface area (Å²) in [4.78, 5) is 13.1. The van der Waals surface area contributed by atoms with Crippen LogP contribution in [0.15, 0.2) is 0 Å². The standard InChI is InChI=1S/C11H16N4O/c12-5-7-15(8-6-13)10(16)9-11(14)3-1-2-4-11/h1-4,7-9,14H2. The second kappa shape index (κ2) is 5.48. The molecule has 0 unspecified atom stereocenters. The molecule has 0 heterocycles. The van der Waals surface area contributed by atoms with Crippen LogP contribution in [0.5, 0.6) is 0 Å². The van der Waals surface area contributed by atoms with Crippen molar-refractivity contribution >= 4 is 5.91 Å². The summed E-state index contributed by atoms with van der Waals surface area (Å²) in [5.41, 5.74) is 5.66. The van der Waals surface area contributed by atoms with Crippen LogP contribution in [0.1, 0.15) is 32.1 Å². The molecule has 0 aromatic heterocycles. The Kier molecular flexibility index (Phi) is 4.28. The van der Waals surface area contributed by atoms with Crippen molar-refractivity contribution < 1.29 is 4.79 Å². The molecule has 1 fully saturated rings. The average molecular weight is 220 g/mol. The van der Waals surface area contributed by atoms with Crippen molar-refractivity contribution in [1.82, 2.24) is 4.90 Å². The minimum atomic E-state index is -0.416. The third kappa shape index (κ3) is 3.22. The summed E-state index contributed by atoms with van der Waals surface area (Å²) in [6.07, 6.45) is 4.06. The first kappa shape index (κ1) is 12.5. The van der Waals surface area contributed by atoms with Gasteiger partial charge in [0.25, 0.3) is 0 Å². The molecule has 86 valence electrons. The molecule has 1 aliphatic rings.